The molecular weight excluding hydrogens is 332 g/mol. The monoisotopic (exact) mass is 348 g/mol. The second kappa shape index (κ2) is 6.57. The zero-order chi connectivity index (χ0) is 17.1. The van der Waals surface area contributed by atoms with Gasteiger partial charge in [-0.05, 0) is 25.0 Å². The van der Waals surface area contributed by atoms with Crippen LogP contribution in [0.5, 0.6) is 0 Å². The molecule has 7 heteroatoms. The summed E-state index contributed by atoms with van der Waals surface area (Å²) in [7, 11) is 0. The second-order valence-electron chi connectivity index (χ2n) is 6.14. The quantitative estimate of drug-likeness (QED) is 0.760. The minimum Gasteiger partial charge on any atom is -0.353 e. The van der Waals surface area contributed by atoms with Crippen LogP contribution in [0.15, 0.2) is 43.0 Å². The Bertz CT molecular complexity index is 893. The fraction of sp³-hybridized carbons (Fsp3) is 0.278. The first-order chi connectivity index (χ1) is 12.3. The minimum absolute atomic E-state index is 0.0836. The van der Waals surface area contributed by atoms with E-state index in [1.807, 2.05) is 18.3 Å². The molecule has 0 aliphatic heterocycles. The smallest absolute Gasteiger partial charge is 0.222 e. The van der Waals surface area contributed by atoms with E-state index in [0.29, 0.717) is 10.8 Å². The molecule has 3 aromatic rings. The first kappa shape index (κ1) is 15.7. The van der Waals surface area contributed by atoms with Crippen LogP contribution in [-0.2, 0) is 5.41 Å². The van der Waals surface area contributed by atoms with Gasteiger partial charge < -0.3 is 5.32 Å². The first-order valence-corrected chi connectivity index (χ1v) is 8.94. The van der Waals surface area contributed by atoms with Crippen molar-refractivity contribution >= 4 is 17.3 Å². The Morgan fingerprint density at radius 3 is 2.56 bits per heavy atom. The molecule has 0 saturated heterocycles. The van der Waals surface area contributed by atoms with Gasteiger partial charge in [-0.2, -0.15) is 5.26 Å². The molecule has 0 unspecified atom stereocenters. The Balaban J connectivity index is 1.46. The Labute approximate surface area is 149 Å². The first-order valence-electron chi connectivity index (χ1n) is 8.13. The predicted octanol–water partition coefficient (Wildman–Crippen LogP) is 3.40. The van der Waals surface area contributed by atoms with E-state index in [-0.39, 0.29) is 5.41 Å². The number of nitriles is 1. The van der Waals surface area contributed by atoms with Crippen LogP contribution < -0.4 is 5.32 Å². The lowest BCUT2D eigenvalue weighted by Gasteiger charge is -2.41. The van der Waals surface area contributed by atoms with Gasteiger partial charge in [0.15, 0.2) is 0 Å². The number of aromatic nitrogens is 4. The molecule has 1 saturated carbocycles. The van der Waals surface area contributed by atoms with E-state index in [1.54, 1.807) is 18.6 Å². The predicted molar refractivity (Wildman–Crippen MR) is 96.1 cm³/mol. The van der Waals surface area contributed by atoms with Crippen molar-refractivity contribution in [1.82, 2.24) is 19.9 Å². The summed E-state index contributed by atoms with van der Waals surface area (Å²) in [4.78, 5) is 18.1. The number of nitrogens with zero attached hydrogens (tertiary/aromatic N) is 5. The van der Waals surface area contributed by atoms with E-state index in [0.717, 1.165) is 35.7 Å². The van der Waals surface area contributed by atoms with Crippen molar-refractivity contribution in [2.45, 2.75) is 24.7 Å². The number of rotatable bonds is 5. The molecule has 124 valence electrons. The van der Waals surface area contributed by atoms with Gasteiger partial charge in [-0.15, -0.1) is 11.3 Å². The van der Waals surface area contributed by atoms with Gasteiger partial charge in [0.05, 0.1) is 6.20 Å². The lowest BCUT2D eigenvalue weighted by Crippen LogP contribution is -2.41. The van der Waals surface area contributed by atoms with Crippen molar-refractivity contribution in [2.75, 3.05) is 11.9 Å². The molecule has 0 aromatic carbocycles. The highest BCUT2D eigenvalue weighted by Gasteiger charge is 2.39. The van der Waals surface area contributed by atoms with E-state index in [4.69, 9.17) is 5.26 Å². The summed E-state index contributed by atoms with van der Waals surface area (Å²) < 4.78 is 0. The molecule has 1 N–H and O–H groups in total. The number of anilines is 1. The molecule has 4 rings (SSSR count). The third kappa shape index (κ3) is 3.08. The van der Waals surface area contributed by atoms with Crippen LogP contribution in [0.1, 0.15) is 29.8 Å². The fourth-order valence-corrected chi connectivity index (χ4v) is 3.73. The van der Waals surface area contributed by atoms with Crippen LogP contribution >= 0.6 is 11.3 Å². The van der Waals surface area contributed by atoms with Gasteiger partial charge in [-0.3, -0.25) is 4.98 Å². The molecule has 0 amide bonds. The Morgan fingerprint density at radius 1 is 1.12 bits per heavy atom. The van der Waals surface area contributed by atoms with Crippen molar-refractivity contribution in [3.05, 3.63) is 53.6 Å². The maximum atomic E-state index is 8.89. The minimum atomic E-state index is 0.0836. The maximum Gasteiger partial charge on any atom is 0.222 e. The third-order valence-electron chi connectivity index (χ3n) is 4.62. The van der Waals surface area contributed by atoms with E-state index >= 15 is 0 Å². The highest BCUT2D eigenvalue weighted by molar-refractivity contribution is 7.15. The van der Waals surface area contributed by atoms with Crippen LogP contribution in [0.2, 0.25) is 0 Å². The van der Waals surface area contributed by atoms with E-state index < -0.39 is 0 Å². The molecule has 0 spiro atoms. The normalized spacial score (nSPS) is 15.2. The molecule has 25 heavy (non-hydrogen) atoms. The Kier molecular flexibility index (Phi) is 4.12. The number of hydrogen-bond donors (Lipinski definition) is 1. The number of pyridine rings is 1. The van der Waals surface area contributed by atoms with Crippen LogP contribution in [0, 0.1) is 11.3 Å². The highest BCUT2D eigenvalue weighted by atomic mass is 32.1. The van der Waals surface area contributed by atoms with Gasteiger partial charge in [0, 0.05) is 41.8 Å². The molecule has 1 aliphatic rings. The van der Waals surface area contributed by atoms with Crippen LogP contribution in [-0.4, -0.2) is 26.5 Å². The van der Waals surface area contributed by atoms with Crippen LogP contribution in [0.3, 0.4) is 0 Å². The van der Waals surface area contributed by atoms with Crippen molar-refractivity contribution in [3.63, 3.8) is 0 Å². The van der Waals surface area contributed by atoms with E-state index in [2.05, 4.69) is 37.4 Å². The average Bonchev–Trinajstić information content (AvgIpc) is 3.11. The maximum absolute atomic E-state index is 8.89. The van der Waals surface area contributed by atoms with Crippen LogP contribution in [0.25, 0.3) is 10.6 Å². The molecule has 0 radical (unpaired) electrons. The molecule has 0 bridgehead atoms. The van der Waals surface area contributed by atoms with Crippen molar-refractivity contribution in [2.24, 2.45) is 0 Å². The van der Waals surface area contributed by atoms with E-state index in [1.165, 1.54) is 17.8 Å². The number of thiazole rings is 1. The standard InChI is InChI=1S/C18H16N6S/c19-8-14-11-21-16(25-14)13-9-22-17(23-10-13)24-12-18(5-3-6-18)15-4-1-2-7-20-15/h1-2,4,7,9-11H,3,5-6,12H2,(H,22,23,24). The SMILES string of the molecule is N#Cc1cnc(-c2cnc(NCC3(c4ccccn4)CCC3)nc2)s1. The lowest BCUT2D eigenvalue weighted by molar-refractivity contribution is 0.252. The van der Waals surface area contributed by atoms with Crippen molar-refractivity contribution in [1.29, 1.82) is 5.26 Å². The zero-order valence-electron chi connectivity index (χ0n) is 13.5. The topological polar surface area (TPSA) is 87.4 Å². The molecule has 1 fully saturated rings. The zero-order valence-corrected chi connectivity index (χ0v) is 14.3. The molecule has 0 atom stereocenters. The van der Waals surface area contributed by atoms with Gasteiger partial charge in [0.25, 0.3) is 0 Å². The average molecular weight is 348 g/mol. The van der Waals surface area contributed by atoms with Gasteiger partial charge in [-0.1, -0.05) is 12.5 Å². The largest absolute Gasteiger partial charge is 0.353 e. The Morgan fingerprint density at radius 2 is 1.96 bits per heavy atom. The molecule has 1 aliphatic carbocycles. The summed E-state index contributed by atoms with van der Waals surface area (Å²) in [5.74, 6) is 0.600. The molecule has 3 aromatic heterocycles. The van der Waals surface area contributed by atoms with Gasteiger partial charge in [0.2, 0.25) is 5.95 Å². The summed E-state index contributed by atoms with van der Waals surface area (Å²) in [6.45, 7) is 0.777. The second-order valence-corrected chi connectivity index (χ2v) is 7.17. The highest BCUT2D eigenvalue weighted by Crippen LogP contribution is 2.42. The summed E-state index contributed by atoms with van der Waals surface area (Å²) in [5, 5.41) is 13.0. The van der Waals surface area contributed by atoms with Crippen LogP contribution in [0.4, 0.5) is 5.95 Å². The molecule has 6 nitrogen and oxygen atoms in total. The fourth-order valence-electron chi connectivity index (χ4n) is 3.04. The van der Waals surface area contributed by atoms with E-state index in [9.17, 15) is 0 Å². The molecular formula is C18H16N6S. The van der Waals surface area contributed by atoms with Crippen molar-refractivity contribution in [3.8, 4) is 16.6 Å². The number of nitrogens with one attached hydrogen (secondary N) is 1. The third-order valence-corrected chi connectivity index (χ3v) is 5.57. The molecule has 3 heterocycles. The van der Waals surface area contributed by atoms with Crippen molar-refractivity contribution < 1.29 is 0 Å². The summed E-state index contributed by atoms with van der Waals surface area (Å²) in [6, 6.07) is 8.17. The van der Waals surface area contributed by atoms with Gasteiger partial charge in [0.1, 0.15) is 16.0 Å². The van der Waals surface area contributed by atoms with Gasteiger partial charge >= 0.3 is 0 Å². The number of hydrogen-bond acceptors (Lipinski definition) is 7. The summed E-state index contributed by atoms with van der Waals surface area (Å²) in [5.41, 5.74) is 2.04. The Hall–Kier alpha value is -2.85. The summed E-state index contributed by atoms with van der Waals surface area (Å²) in [6.07, 6.45) is 10.4. The lowest BCUT2D eigenvalue weighted by atomic mass is 9.66. The van der Waals surface area contributed by atoms with Gasteiger partial charge in [-0.25, -0.2) is 15.0 Å². The summed E-state index contributed by atoms with van der Waals surface area (Å²) >= 11 is 1.34.